The summed E-state index contributed by atoms with van der Waals surface area (Å²) in [5.41, 5.74) is 6.98. The van der Waals surface area contributed by atoms with Crippen LogP contribution in [-0.2, 0) is 73.5 Å². The molecule has 15 heteroatoms. The van der Waals surface area contributed by atoms with Crippen molar-refractivity contribution in [2.24, 2.45) is 0 Å². The Labute approximate surface area is 718 Å². The number of esters is 7. The molecular formula is C108H92O14S. The van der Waals surface area contributed by atoms with Crippen molar-refractivity contribution in [3.05, 3.63) is 406 Å². The lowest BCUT2D eigenvalue weighted by Crippen LogP contribution is -2.08. The summed E-state index contributed by atoms with van der Waals surface area (Å²) in [5, 5.41) is 22.3. The van der Waals surface area contributed by atoms with Crippen molar-refractivity contribution in [2.75, 3.05) is 19.8 Å². The Morgan fingerprint density at radius 2 is 0.780 bits per heavy atom. The van der Waals surface area contributed by atoms with Gasteiger partial charge in [-0.3, -0.25) is 0 Å². The van der Waals surface area contributed by atoms with E-state index in [4.69, 9.17) is 33.2 Å². The minimum Gasteiger partial charge on any atom is -0.463 e. The monoisotopic (exact) mass is 1640 g/mol. The molecule has 0 saturated heterocycles. The molecule has 0 bridgehead atoms. The average Bonchev–Trinajstić information content (AvgIpc) is 1.55. The minimum absolute atomic E-state index is 0.324. The average molecular weight is 1650 g/mol. The van der Waals surface area contributed by atoms with Gasteiger partial charge in [-0.2, -0.15) is 0 Å². The van der Waals surface area contributed by atoms with Crippen molar-refractivity contribution in [1.29, 1.82) is 0 Å². The third-order valence-corrected chi connectivity index (χ3v) is 20.6. The summed E-state index contributed by atoms with van der Waals surface area (Å²) in [7, 11) is 0. The summed E-state index contributed by atoms with van der Waals surface area (Å²) < 4.78 is 36.8. The van der Waals surface area contributed by atoms with E-state index in [2.05, 4.69) is 173 Å². The first-order chi connectivity index (χ1) is 59.8. The van der Waals surface area contributed by atoms with Crippen LogP contribution in [0.5, 0.6) is 23.0 Å². The van der Waals surface area contributed by atoms with E-state index in [1.165, 1.54) is 105 Å². The maximum atomic E-state index is 11.4. The molecule has 0 spiro atoms. The zero-order chi connectivity index (χ0) is 87.0. The number of aryl methyl sites for hydroxylation is 1. The zero-order valence-corrected chi connectivity index (χ0v) is 69.4. The molecule has 15 aromatic carbocycles. The number of thiophene rings is 1. The fourth-order valence-electron chi connectivity index (χ4n) is 13.7. The number of fused-ring (bicyclic) bond motifs is 8. The smallest absolute Gasteiger partial charge is 0.338 e. The lowest BCUT2D eigenvalue weighted by atomic mass is 9.90. The number of benzene rings is 15. The molecule has 1 aliphatic carbocycles. The predicted octanol–water partition coefficient (Wildman–Crippen LogP) is 25.0. The van der Waals surface area contributed by atoms with E-state index in [1.807, 2.05) is 145 Å². The number of carbonyl (C=O) groups is 7. The van der Waals surface area contributed by atoms with Crippen molar-refractivity contribution >= 4 is 155 Å². The molecule has 1 aromatic heterocycles. The van der Waals surface area contributed by atoms with Crippen LogP contribution in [0.15, 0.2) is 378 Å². The van der Waals surface area contributed by atoms with Crippen LogP contribution in [0.2, 0.25) is 0 Å². The Kier molecular flexibility index (Phi) is 32.1. The maximum absolute atomic E-state index is 11.4. The van der Waals surface area contributed by atoms with Crippen LogP contribution in [0.1, 0.15) is 54.5 Å². The number of ether oxygens (including phenoxy) is 7. The van der Waals surface area contributed by atoms with Gasteiger partial charge in [-0.25, -0.2) is 33.6 Å². The number of unbranched alkanes of at least 4 members (excludes halogenated alkanes) is 1. The van der Waals surface area contributed by atoms with Crippen molar-refractivity contribution in [1.82, 2.24) is 0 Å². The van der Waals surface area contributed by atoms with E-state index in [0.29, 0.717) is 54.0 Å². The minimum atomic E-state index is -0.444. The SMILES string of the molecule is C=C(C)C(=O)OCCc1cccc2ccccc12.C=C(C)C(=O)Oc1cccc2ccccc12.C=CC(=O)OCCCCc1cc2cccc3ccc4cccc1c4c32.C=CC(=O)OCCc1cccc2ccccc12.C=CC(=O)Oc1ccc2c(c1)CC=C2.C=CC(=O)Oc1ccc2ccsc2c1.C=CC(=O)Oc1cccc2c1ccc1ccccc12. The third kappa shape index (κ3) is 24.5. The fraction of sp³-hybridized carbons (Fsp3) is 0.102. The second-order valence-electron chi connectivity index (χ2n) is 28.2. The first-order valence-electron chi connectivity index (χ1n) is 39.9. The highest BCUT2D eigenvalue weighted by Gasteiger charge is 2.15. The van der Waals surface area contributed by atoms with Crippen LogP contribution in [0, 0.1) is 0 Å². The van der Waals surface area contributed by atoms with Gasteiger partial charge in [-0.05, 0) is 208 Å². The van der Waals surface area contributed by atoms with Crippen molar-refractivity contribution in [3.8, 4) is 23.0 Å². The lowest BCUT2D eigenvalue weighted by molar-refractivity contribution is -0.139. The van der Waals surface area contributed by atoms with Gasteiger partial charge in [0, 0.05) is 69.8 Å². The van der Waals surface area contributed by atoms with Gasteiger partial charge < -0.3 is 33.2 Å². The zero-order valence-electron chi connectivity index (χ0n) is 68.6. The van der Waals surface area contributed by atoms with Gasteiger partial charge in [0.2, 0.25) is 0 Å². The summed E-state index contributed by atoms with van der Waals surface area (Å²) in [6.07, 6.45) is 15.2. The van der Waals surface area contributed by atoms with E-state index in [0.717, 1.165) is 87.7 Å². The van der Waals surface area contributed by atoms with Gasteiger partial charge in [0.25, 0.3) is 0 Å². The molecule has 0 saturated carbocycles. The van der Waals surface area contributed by atoms with Crippen LogP contribution in [-0.4, -0.2) is 61.6 Å². The Morgan fingerprint density at radius 3 is 1.40 bits per heavy atom. The molecule has 614 valence electrons. The summed E-state index contributed by atoms with van der Waals surface area (Å²) in [5.74, 6) is -0.446. The highest BCUT2D eigenvalue weighted by Crippen LogP contribution is 2.38. The lowest BCUT2D eigenvalue weighted by Gasteiger charge is -2.14. The second kappa shape index (κ2) is 44.6. The number of rotatable bonds is 22. The molecule has 16 aromatic rings. The molecule has 0 aliphatic heterocycles. The third-order valence-electron chi connectivity index (χ3n) is 19.7. The standard InChI is InChI=1S/C23H20O2.C17H12O2.C16H16O2.C15H14O2.C14H12O2.C12H10O2.C11H8O2S/c1-2-21(24)25-14-4-3-7-18-15-19-10-5-8-16-12-13-17-9-6-11-20(18)23(17)22(16)19;1-2-17(18)19-16-9-5-8-14-13-7-4-3-6-12(13)10-11-15(14)16;1-12(2)16(17)18-11-10-14-8-5-7-13-6-3-4-9-15(13)14;1-2-15(16)17-11-10-13-8-5-7-12-6-3-4-9-14(12)13;1-10(2)14(15)16-13-9-5-7-11-6-3-4-8-12(11)13;1-2-12(13)14-11-7-6-9-4-3-5-10(9)8-11;1-2-11(12)13-9-4-3-8-5-6-14-10(8)7-9/h2,5-6,8-13,15H,1,3-4,7,14H2;2-11H,1H2;3-9H,1,10-11H2,2H3;2-9H,1,10-11H2;3-9H,1H2,2H3;2-4,6-8H,1,5H2;2-7H,1H2. The molecular weight excluding hydrogens is 1550 g/mol. The van der Waals surface area contributed by atoms with Crippen molar-refractivity contribution < 1.29 is 66.7 Å². The molecule has 0 atom stereocenters. The van der Waals surface area contributed by atoms with Gasteiger partial charge in [0.15, 0.2) is 0 Å². The fourth-order valence-corrected chi connectivity index (χ4v) is 14.6. The Morgan fingerprint density at radius 1 is 0.333 bits per heavy atom. The van der Waals surface area contributed by atoms with Crippen LogP contribution >= 0.6 is 11.3 Å². The summed E-state index contributed by atoms with van der Waals surface area (Å²) >= 11 is 1.62. The largest absolute Gasteiger partial charge is 0.463 e. The first kappa shape index (κ1) is 88.6. The van der Waals surface area contributed by atoms with Gasteiger partial charge in [0.1, 0.15) is 23.0 Å². The maximum Gasteiger partial charge on any atom is 0.338 e. The molecule has 0 N–H and O–H groups in total. The van der Waals surface area contributed by atoms with Crippen LogP contribution in [0.3, 0.4) is 0 Å². The van der Waals surface area contributed by atoms with Gasteiger partial charge in [-0.1, -0.05) is 283 Å². The molecule has 1 aliphatic rings. The van der Waals surface area contributed by atoms with Gasteiger partial charge in [-0.15, -0.1) is 11.3 Å². The molecule has 0 amide bonds. The number of hydrogen-bond acceptors (Lipinski definition) is 15. The van der Waals surface area contributed by atoms with Crippen LogP contribution in [0.4, 0.5) is 0 Å². The van der Waals surface area contributed by atoms with Gasteiger partial charge >= 0.3 is 41.8 Å². The molecule has 0 unspecified atom stereocenters. The number of allylic oxidation sites excluding steroid dienone is 1. The Balaban J connectivity index is 0.000000141. The summed E-state index contributed by atoms with van der Waals surface area (Å²) in [4.78, 5) is 77.9. The highest BCUT2D eigenvalue weighted by atomic mass is 32.1. The van der Waals surface area contributed by atoms with E-state index in [-0.39, 0.29) is 17.9 Å². The van der Waals surface area contributed by atoms with Crippen LogP contribution < -0.4 is 18.9 Å². The van der Waals surface area contributed by atoms with E-state index in [9.17, 15) is 33.6 Å². The molecule has 14 nitrogen and oxygen atoms in total. The summed E-state index contributed by atoms with van der Waals surface area (Å²) in [6.45, 7) is 28.5. The van der Waals surface area contributed by atoms with Crippen molar-refractivity contribution in [3.63, 3.8) is 0 Å². The van der Waals surface area contributed by atoms with Crippen LogP contribution in [0.25, 0.3) is 102 Å². The van der Waals surface area contributed by atoms with E-state index in [1.54, 1.807) is 49.4 Å². The normalized spacial score (nSPS) is 10.7. The molecule has 123 heavy (non-hydrogen) atoms. The highest BCUT2D eigenvalue weighted by molar-refractivity contribution is 7.17. The van der Waals surface area contributed by atoms with Gasteiger partial charge in [0.05, 0.1) is 19.8 Å². The molecule has 1 heterocycles. The number of carbonyl (C=O) groups excluding carboxylic acids is 7. The first-order valence-corrected chi connectivity index (χ1v) is 40.8. The molecule has 0 fully saturated rings. The Hall–Kier alpha value is -15.2. The molecule has 0 radical (unpaired) electrons. The topological polar surface area (TPSA) is 184 Å². The second-order valence-corrected chi connectivity index (χ2v) is 29.2. The quantitative estimate of drug-likeness (QED) is 0.0156. The van der Waals surface area contributed by atoms with E-state index < -0.39 is 23.9 Å². The van der Waals surface area contributed by atoms with E-state index >= 15 is 0 Å². The van der Waals surface area contributed by atoms with Crippen molar-refractivity contribution in [2.45, 2.75) is 52.4 Å². The predicted molar refractivity (Wildman–Crippen MR) is 501 cm³/mol. The Bertz CT molecular complexity index is 6620. The number of hydrogen-bond donors (Lipinski definition) is 0. The molecule has 17 rings (SSSR count). The summed E-state index contributed by atoms with van der Waals surface area (Å²) in [6, 6.07) is 93.0.